The third-order valence-corrected chi connectivity index (χ3v) is 10.7. The summed E-state index contributed by atoms with van der Waals surface area (Å²) in [5, 5.41) is 4.94. The zero-order valence-electron chi connectivity index (χ0n) is 27.4. The Bertz CT molecular complexity index is 2030. The number of sulfonamides is 1. The van der Waals surface area contributed by atoms with Gasteiger partial charge in [0, 0.05) is 24.9 Å². The molecule has 9 heteroatoms. The van der Waals surface area contributed by atoms with Gasteiger partial charge >= 0.3 is 0 Å². The van der Waals surface area contributed by atoms with Crippen LogP contribution in [0.4, 0.5) is 0 Å². The van der Waals surface area contributed by atoms with Crippen LogP contribution in [0, 0.1) is 0 Å². The lowest BCUT2D eigenvalue weighted by atomic mass is 9.97. The summed E-state index contributed by atoms with van der Waals surface area (Å²) >= 11 is 0. The second kappa shape index (κ2) is 14.8. The molecule has 1 fully saturated rings. The summed E-state index contributed by atoms with van der Waals surface area (Å²) in [6.07, 6.45) is 4.28. The van der Waals surface area contributed by atoms with E-state index in [-0.39, 0.29) is 23.3 Å². The van der Waals surface area contributed by atoms with Crippen molar-refractivity contribution >= 4 is 26.7 Å². The van der Waals surface area contributed by atoms with Crippen LogP contribution in [0.25, 0.3) is 10.8 Å². The summed E-state index contributed by atoms with van der Waals surface area (Å²) in [5.74, 6) is 1.72. The number of para-hydroxylation sites is 1. The molecule has 2 aliphatic rings. The van der Waals surface area contributed by atoms with Crippen LogP contribution >= 0.6 is 0 Å². The van der Waals surface area contributed by atoms with E-state index >= 15 is 0 Å². The summed E-state index contributed by atoms with van der Waals surface area (Å²) in [7, 11) is -4.01. The molecule has 0 radical (unpaired) electrons. The van der Waals surface area contributed by atoms with Gasteiger partial charge < -0.3 is 14.8 Å². The van der Waals surface area contributed by atoms with Crippen molar-refractivity contribution in [1.82, 2.24) is 14.9 Å². The Hall–Kier alpha value is -4.70. The van der Waals surface area contributed by atoms with Crippen LogP contribution in [-0.2, 0) is 21.4 Å². The van der Waals surface area contributed by atoms with Gasteiger partial charge in [0.15, 0.2) is 0 Å². The van der Waals surface area contributed by atoms with Crippen molar-refractivity contribution in [2.24, 2.45) is 0 Å². The Labute approximate surface area is 288 Å². The lowest BCUT2D eigenvalue weighted by Gasteiger charge is -2.29. The molecule has 2 unspecified atom stereocenters. The van der Waals surface area contributed by atoms with Crippen molar-refractivity contribution in [2.45, 2.75) is 55.6 Å². The number of piperidine rings is 1. The zero-order chi connectivity index (χ0) is 33.6. The van der Waals surface area contributed by atoms with E-state index < -0.39 is 16.1 Å². The maximum absolute atomic E-state index is 13.9. The number of benzene rings is 5. The highest BCUT2D eigenvalue weighted by Gasteiger charge is 2.28. The molecule has 5 aromatic rings. The number of nitrogens with one attached hydrogen (secondary N) is 2. The maximum Gasteiger partial charge on any atom is 0.241 e. The molecular formula is C40H41N3O5S. The molecule has 0 saturated carbocycles. The Morgan fingerprint density at radius 3 is 2.43 bits per heavy atom. The van der Waals surface area contributed by atoms with Gasteiger partial charge in [-0.1, -0.05) is 79.2 Å². The number of nitrogens with zero attached hydrogens (tertiary/aromatic N) is 1. The molecule has 0 aliphatic carbocycles. The van der Waals surface area contributed by atoms with Crippen LogP contribution in [0.15, 0.2) is 120 Å². The fourth-order valence-corrected chi connectivity index (χ4v) is 7.99. The van der Waals surface area contributed by atoms with E-state index in [0.717, 1.165) is 41.7 Å². The molecule has 1 amide bonds. The van der Waals surface area contributed by atoms with Crippen molar-refractivity contribution in [3.63, 3.8) is 0 Å². The molecule has 252 valence electrons. The SMILES string of the molecule is O=C(CC(NS(=O)(=O)c1ccc2ccccc2c1)c1cccc(Oc2ccccc2)c1)NC1CCOc2cc(CN3CCCCC3)ccc21. The summed E-state index contributed by atoms with van der Waals surface area (Å²) in [6, 6.07) is 34.4. The van der Waals surface area contributed by atoms with Crippen LogP contribution in [0.3, 0.4) is 0 Å². The molecule has 0 aromatic heterocycles. The lowest BCUT2D eigenvalue weighted by Crippen LogP contribution is -2.36. The van der Waals surface area contributed by atoms with Crippen molar-refractivity contribution < 1.29 is 22.7 Å². The van der Waals surface area contributed by atoms with Gasteiger partial charge in [-0.2, -0.15) is 0 Å². The molecule has 5 aromatic carbocycles. The Balaban J connectivity index is 1.12. The number of hydrogen-bond acceptors (Lipinski definition) is 6. The van der Waals surface area contributed by atoms with Crippen molar-refractivity contribution in [2.75, 3.05) is 19.7 Å². The Kier molecular flexibility index (Phi) is 9.93. The fourth-order valence-electron chi connectivity index (χ4n) is 6.73. The van der Waals surface area contributed by atoms with E-state index in [2.05, 4.69) is 33.1 Å². The fraction of sp³-hybridized carbons (Fsp3) is 0.275. The second-order valence-electron chi connectivity index (χ2n) is 12.8. The van der Waals surface area contributed by atoms with Crippen LogP contribution in [0.2, 0.25) is 0 Å². The first-order valence-electron chi connectivity index (χ1n) is 17.0. The molecule has 0 bridgehead atoms. The van der Waals surface area contributed by atoms with Crippen LogP contribution in [0.1, 0.15) is 60.9 Å². The number of fused-ring (bicyclic) bond motifs is 2. The van der Waals surface area contributed by atoms with Gasteiger partial charge in [0.1, 0.15) is 17.2 Å². The average molecular weight is 676 g/mol. The average Bonchev–Trinajstić information content (AvgIpc) is 3.12. The molecule has 0 spiro atoms. The van der Waals surface area contributed by atoms with Crippen molar-refractivity contribution in [1.29, 1.82) is 0 Å². The van der Waals surface area contributed by atoms with E-state index in [1.807, 2.05) is 66.7 Å². The van der Waals surface area contributed by atoms with E-state index in [0.29, 0.717) is 30.1 Å². The molecule has 1 saturated heterocycles. The third-order valence-electron chi connectivity index (χ3n) is 9.27. The minimum absolute atomic E-state index is 0.110. The molecular weight excluding hydrogens is 635 g/mol. The first-order valence-corrected chi connectivity index (χ1v) is 18.5. The summed E-state index contributed by atoms with van der Waals surface area (Å²) < 4.78 is 42.7. The normalized spacial score (nSPS) is 17.1. The summed E-state index contributed by atoms with van der Waals surface area (Å²) in [6.45, 7) is 3.61. The van der Waals surface area contributed by atoms with Crippen LogP contribution < -0.4 is 19.5 Å². The number of carbonyl (C=O) groups is 1. The van der Waals surface area contributed by atoms with Gasteiger partial charge in [-0.25, -0.2) is 13.1 Å². The predicted octanol–water partition coefficient (Wildman–Crippen LogP) is 7.67. The Morgan fingerprint density at radius 2 is 1.59 bits per heavy atom. The molecule has 2 heterocycles. The molecule has 2 atom stereocenters. The van der Waals surface area contributed by atoms with Gasteiger partial charge in [0.25, 0.3) is 0 Å². The number of amides is 1. The largest absolute Gasteiger partial charge is 0.493 e. The smallest absolute Gasteiger partial charge is 0.241 e. The summed E-state index contributed by atoms with van der Waals surface area (Å²) in [5.41, 5.74) is 2.75. The molecule has 8 nitrogen and oxygen atoms in total. The van der Waals surface area contributed by atoms with Gasteiger partial charge in [0.2, 0.25) is 15.9 Å². The maximum atomic E-state index is 13.9. The molecule has 2 aliphatic heterocycles. The van der Waals surface area contributed by atoms with E-state index in [4.69, 9.17) is 9.47 Å². The second-order valence-corrected chi connectivity index (χ2v) is 14.6. The zero-order valence-corrected chi connectivity index (χ0v) is 28.2. The quantitative estimate of drug-likeness (QED) is 0.149. The molecule has 7 rings (SSSR count). The molecule has 49 heavy (non-hydrogen) atoms. The minimum atomic E-state index is -4.01. The highest BCUT2D eigenvalue weighted by Crippen LogP contribution is 2.34. The monoisotopic (exact) mass is 675 g/mol. The lowest BCUT2D eigenvalue weighted by molar-refractivity contribution is -0.122. The number of hydrogen-bond donors (Lipinski definition) is 2. The van der Waals surface area contributed by atoms with Gasteiger partial charge in [0.05, 0.1) is 23.6 Å². The number of rotatable bonds is 11. The first kappa shape index (κ1) is 32.8. The van der Waals surface area contributed by atoms with Crippen LogP contribution in [0.5, 0.6) is 17.2 Å². The first-order chi connectivity index (χ1) is 23.9. The molecule has 2 N–H and O–H groups in total. The summed E-state index contributed by atoms with van der Waals surface area (Å²) in [4.78, 5) is 16.4. The standard InChI is InChI=1S/C40H41N3O5S/c44-40(41-37-20-23-47-39-24-29(16-19-36(37)39)28-43-21-7-2-8-22-43)27-38(32-12-9-15-34(25-32)48-33-13-3-1-4-14-33)42-49(45,46)35-18-17-30-10-5-6-11-31(30)26-35/h1,3-6,9-19,24-26,37-38,42H,2,7-8,20-23,27-28H2,(H,41,44). The predicted molar refractivity (Wildman–Crippen MR) is 191 cm³/mol. The van der Waals surface area contributed by atoms with Gasteiger partial charge in [-0.05, 0) is 90.3 Å². The van der Waals surface area contributed by atoms with Crippen molar-refractivity contribution in [3.8, 4) is 17.2 Å². The van der Waals surface area contributed by atoms with Crippen molar-refractivity contribution in [3.05, 3.63) is 132 Å². The van der Waals surface area contributed by atoms with E-state index in [1.165, 1.54) is 24.8 Å². The van der Waals surface area contributed by atoms with Crippen LogP contribution in [-0.4, -0.2) is 38.9 Å². The van der Waals surface area contributed by atoms with Gasteiger partial charge in [-0.3, -0.25) is 9.69 Å². The number of ether oxygens (including phenoxy) is 2. The highest BCUT2D eigenvalue weighted by atomic mass is 32.2. The van der Waals surface area contributed by atoms with Gasteiger partial charge in [-0.15, -0.1) is 0 Å². The third kappa shape index (κ3) is 8.13. The number of carbonyl (C=O) groups excluding carboxylic acids is 1. The van der Waals surface area contributed by atoms with E-state index in [1.54, 1.807) is 30.3 Å². The topological polar surface area (TPSA) is 97.0 Å². The number of likely N-dealkylation sites (tertiary alicyclic amines) is 1. The minimum Gasteiger partial charge on any atom is -0.493 e. The Morgan fingerprint density at radius 1 is 0.816 bits per heavy atom. The highest BCUT2D eigenvalue weighted by molar-refractivity contribution is 7.89. The van der Waals surface area contributed by atoms with E-state index in [9.17, 15) is 13.2 Å².